The van der Waals surface area contributed by atoms with E-state index in [1.165, 1.54) is 11.8 Å². The molecule has 2 amide bonds. The lowest BCUT2D eigenvalue weighted by molar-refractivity contribution is -0.116. The molecule has 1 aromatic heterocycles. The molecule has 7 nitrogen and oxygen atoms in total. The second-order valence-corrected chi connectivity index (χ2v) is 7.88. The lowest BCUT2D eigenvalue weighted by Crippen LogP contribution is -2.18. The number of carbonyl (C=O) groups is 2. The van der Waals surface area contributed by atoms with Crippen molar-refractivity contribution in [3.63, 3.8) is 0 Å². The Balaban J connectivity index is 1.57. The van der Waals surface area contributed by atoms with Gasteiger partial charge in [-0.3, -0.25) is 9.59 Å². The van der Waals surface area contributed by atoms with Crippen molar-refractivity contribution >= 4 is 35.0 Å². The molecule has 156 valence electrons. The van der Waals surface area contributed by atoms with E-state index < -0.39 is 0 Å². The van der Waals surface area contributed by atoms with Crippen LogP contribution in [0.4, 0.5) is 11.4 Å². The fourth-order valence-electron chi connectivity index (χ4n) is 2.91. The van der Waals surface area contributed by atoms with Crippen molar-refractivity contribution in [1.82, 2.24) is 14.8 Å². The summed E-state index contributed by atoms with van der Waals surface area (Å²) < 4.78 is 1.86. The predicted octanol–water partition coefficient (Wildman–Crippen LogP) is 3.83. The topological polar surface area (TPSA) is 88.9 Å². The van der Waals surface area contributed by atoms with Gasteiger partial charge < -0.3 is 15.2 Å². The average Bonchev–Trinajstić information content (AvgIpc) is 3.09. The molecule has 0 spiro atoms. The third-order valence-corrected chi connectivity index (χ3v) is 5.36. The van der Waals surface area contributed by atoms with Crippen molar-refractivity contribution in [3.05, 3.63) is 65.5 Å². The summed E-state index contributed by atoms with van der Waals surface area (Å²) >= 11 is 1.30. The number of nitrogens with zero attached hydrogens (tertiary/aromatic N) is 3. The van der Waals surface area contributed by atoms with Crippen LogP contribution < -0.4 is 10.6 Å². The first-order valence-corrected chi connectivity index (χ1v) is 10.7. The molecule has 30 heavy (non-hydrogen) atoms. The number of aromatic nitrogens is 3. The molecule has 3 aromatic rings. The van der Waals surface area contributed by atoms with Gasteiger partial charge in [0.1, 0.15) is 5.82 Å². The maximum Gasteiger partial charge on any atom is 0.234 e. The number of hydrogen-bond acceptors (Lipinski definition) is 5. The first-order chi connectivity index (χ1) is 14.4. The van der Waals surface area contributed by atoms with Crippen LogP contribution in [-0.4, -0.2) is 32.3 Å². The molecule has 8 heteroatoms. The highest BCUT2D eigenvalue weighted by Gasteiger charge is 2.16. The van der Waals surface area contributed by atoms with E-state index in [2.05, 4.69) is 20.8 Å². The Kier molecular flexibility index (Phi) is 7.24. The number of thioether (sulfide) groups is 1. The van der Waals surface area contributed by atoms with E-state index >= 15 is 0 Å². The number of rotatable bonds is 8. The van der Waals surface area contributed by atoms with Gasteiger partial charge in [0.15, 0.2) is 5.16 Å². The van der Waals surface area contributed by atoms with Gasteiger partial charge >= 0.3 is 0 Å². The normalized spacial score (nSPS) is 10.6. The molecule has 0 unspecified atom stereocenters. The monoisotopic (exact) mass is 423 g/mol. The Morgan fingerprint density at radius 3 is 2.37 bits per heavy atom. The maximum atomic E-state index is 12.4. The summed E-state index contributed by atoms with van der Waals surface area (Å²) in [4.78, 5) is 24.6. The molecule has 2 aromatic carbocycles. The lowest BCUT2D eigenvalue weighted by atomic mass is 10.2. The minimum absolute atomic E-state index is 0.116. The van der Waals surface area contributed by atoms with Crippen molar-refractivity contribution < 1.29 is 9.59 Å². The van der Waals surface area contributed by atoms with Crippen LogP contribution in [0.5, 0.6) is 0 Å². The molecule has 0 atom stereocenters. The number of benzene rings is 2. The quantitative estimate of drug-likeness (QED) is 0.538. The molecule has 0 saturated heterocycles. The van der Waals surface area contributed by atoms with Crippen LogP contribution in [0.15, 0.2) is 53.7 Å². The number of anilines is 2. The van der Waals surface area contributed by atoms with Crippen LogP contribution in [-0.2, 0) is 22.6 Å². The summed E-state index contributed by atoms with van der Waals surface area (Å²) in [6.07, 6.45) is 0.116. The molecule has 1 heterocycles. The van der Waals surface area contributed by atoms with Crippen LogP contribution >= 0.6 is 11.8 Å². The fraction of sp³-hybridized carbons (Fsp3) is 0.273. The van der Waals surface area contributed by atoms with Crippen LogP contribution in [0.3, 0.4) is 0 Å². The third kappa shape index (κ3) is 5.93. The van der Waals surface area contributed by atoms with Crippen molar-refractivity contribution in [2.24, 2.45) is 0 Å². The number of amides is 2. The SMILES string of the molecule is CCn1c(CC(=O)Nc2ccc(C)cc2)nnc1SCC(=O)Nc1cccc(C)c1. The van der Waals surface area contributed by atoms with E-state index in [4.69, 9.17) is 0 Å². The Hall–Kier alpha value is -3.13. The van der Waals surface area contributed by atoms with Crippen molar-refractivity contribution in [1.29, 1.82) is 0 Å². The number of aryl methyl sites for hydroxylation is 2. The standard InChI is InChI=1S/C22H25N5O2S/c1-4-27-19(13-20(28)23-17-10-8-15(2)9-11-17)25-26-22(27)30-14-21(29)24-18-7-5-6-16(3)12-18/h5-12H,4,13-14H2,1-3H3,(H,23,28)(H,24,29). The first kappa shape index (κ1) is 21.6. The summed E-state index contributed by atoms with van der Waals surface area (Å²) in [5.74, 6) is 0.509. The van der Waals surface area contributed by atoms with E-state index in [-0.39, 0.29) is 24.0 Å². The zero-order valence-electron chi connectivity index (χ0n) is 17.3. The minimum Gasteiger partial charge on any atom is -0.326 e. The largest absolute Gasteiger partial charge is 0.326 e. The van der Waals surface area contributed by atoms with Crippen LogP contribution in [0.25, 0.3) is 0 Å². The number of nitrogens with one attached hydrogen (secondary N) is 2. The summed E-state index contributed by atoms with van der Waals surface area (Å²) in [5.41, 5.74) is 3.73. The van der Waals surface area contributed by atoms with Gasteiger partial charge in [-0.1, -0.05) is 41.6 Å². The van der Waals surface area contributed by atoms with E-state index in [1.54, 1.807) is 0 Å². The van der Waals surface area contributed by atoms with Crippen molar-refractivity contribution in [2.45, 2.75) is 38.9 Å². The Morgan fingerprint density at radius 1 is 0.933 bits per heavy atom. The van der Waals surface area contributed by atoms with Crippen LogP contribution in [0.2, 0.25) is 0 Å². The van der Waals surface area contributed by atoms with Crippen molar-refractivity contribution in [3.8, 4) is 0 Å². The summed E-state index contributed by atoms with van der Waals surface area (Å²) in [5, 5.41) is 14.7. The van der Waals surface area contributed by atoms with Gasteiger partial charge in [-0.25, -0.2) is 0 Å². The molecule has 0 aliphatic heterocycles. The smallest absolute Gasteiger partial charge is 0.234 e. The fourth-order valence-corrected chi connectivity index (χ4v) is 3.73. The van der Waals surface area contributed by atoms with Gasteiger partial charge in [0.05, 0.1) is 12.2 Å². The van der Waals surface area contributed by atoms with Gasteiger partial charge in [-0.05, 0) is 50.6 Å². The van der Waals surface area contributed by atoms with E-state index in [9.17, 15) is 9.59 Å². The highest BCUT2D eigenvalue weighted by atomic mass is 32.2. The second-order valence-electron chi connectivity index (χ2n) is 6.94. The maximum absolute atomic E-state index is 12.4. The predicted molar refractivity (Wildman–Crippen MR) is 120 cm³/mol. The first-order valence-electron chi connectivity index (χ1n) is 9.72. The molecule has 0 aliphatic rings. The summed E-state index contributed by atoms with van der Waals surface area (Å²) in [6.45, 7) is 6.55. The molecule has 0 fully saturated rings. The Morgan fingerprint density at radius 2 is 1.67 bits per heavy atom. The molecular weight excluding hydrogens is 398 g/mol. The Bertz CT molecular complexity index is 1030. The van der Waals surface area contributed by atoms with Crippen molar-refractivity contribution in [2.75, 3.05) is 16.4 Å². The molecule has 0 saturated carbocycles. The molecular formula is C22H25N5O2S. The third-order valence-electron chi connectivity index (χ3n) is 4.40. The van der Waals surface area contributed by atoms with E-state index in [0.29, 0.717) is 17.5 Å². The molecule has 0 radical (unpaired) electrons. The number of hydrogen-bond donors (Lipinski definition) is 2. The minimum atomic E-state index is -0.158. The molecule has 3 rings (SSSR count). The van der Waals surface area contributed by atoms with Gasteiger partial charge in [-0.15, -0.1) is 10.2 Å². The van der Waals surface area contributed by atoms with Crippen LogP contribution in [0.1, 0.15) is 23.9 Å². The highest BCUT2D eigenvalue weighted by molar-refractivity contribution is 7.99. The molecule has 0 bridgehead atoms. The Labute approximate surface area is 180 Å². The van der Waals surface area contributed by atoms with Gasteiger partial charge in [0, 0.05) is 17.9 Å². The zero-order chi connectivity index (χ0) is 21.5. The molecule has 0 aliphatic carbocycles. The van der Waals surface area contributed by atoms with Gasteiger partial charge in [-0.2, -0.15) is 0 Å². The van der Waals surface area contributed by atoms with Gasteiger partial charge in [0.2, 0.25) is 11.8 Å². The summed E-state index contributed by atoms with van der Waals surface area (Å²) in [6, 6.07) is 15.3. The number of carbonyl (C=O) groups excluding carboxylic acids is 2. The summed E-state index contributed by atoms with van der Waals surface area (Å²) in [7, 11) is 0. The zero-order valence-corrected chi connectivity index (χ0v) is 18.1. The molecule has 2 N–H and O–H groups in total. The van der Waals surface area contributed by atoms with Gasteiger partial charge in [0.25, 0.3) is 0 Å². The van der Waals surface area contributed by atoms with E-state index in [0.717, 1.165) is 22.5 Å². The lowest BCUT2D eigenvalue weighted by Gasteiger charge is -2.09. The highest BCUT2D eigenvalue weighted by Crippen LogP contribution is 2.19. The second kappa shape index (κ2) is 10.1. The van der Waals surface area contributed by atoms with Crippen LogP contribution in [0, 0.1) is 13.8 Å². The average molecular weight is 424 g/mol. The van der Waals surface area contributed by atoms with E-state index in [1.807, 2.05) is 73.9 Å².